The van der Waals surface area contributed by atoms with Crippen molar-refractivity contribution < 1.29 is 23.8 Å². The van der Waals surface area contributed by atoms with E-state index >= 15 is 0 Å². The van der Waals surface area contributed by atoms with Crippen molar-refractivity contribution in [3.63, 3.8) is 0 Å². The highest BCUT2D eigenvalue weighted by Gasteiger charge is 2.36. The molecule has 4 aromatic carbocycles. The number of esters is 2. The summed E-state index contributed by atoms with van der Waals surface area (Å²) in [7, 11) is 0. The predicted octanol–water partition coefficient (Wildman–Crippen LogP) is 9.38. The van der Waals surface area contributed by atoms with E-state index < -0.39 is 24.0 Å². The van der Waals surface area contributed by atoms with Crippen molar-refractivity contribution in [1.82, 2.24) is 9.88 Å². The Morgan fingerprint density at radius 1 is 0.895 bits per heavy atom. The fraction of sp³-hybridized carbons (Fsp3) is 0.340. The Hall–Kier alpha value is -4.73. The van der Waals surface area contributed by atoms with Gasteiger partial charge in [-0.2, -0.15) is 0 Å². The normalized spacial score (nSPS) is 17.2. The van der Waals surface area contributed by atoms with E-state index in [9.17, 15) is 9.59 Å². The van der Waals surface area contributed by atoms with Gasteiger partial charge in [-0.05, 0) is 138 Å². The first-order valence-electron chi connectivity index (χ1n) is 19.6. The predicted molar refractivity (Wildman–Crippen MR) is 225 cm³/mol. The zero-order valence-corrected chi connectivity index (χ0v) is 34.4. The Kier molecular flexibility index (Phi) is 12.7. The Balaban J connectivity index is 0.991. The van der Waals surface area contributed by atoms with Crippen molar-refractivity contribution in [2.45, 2.75) is 84.5 Å². The highest BCUT2D eigenvalue weighted by Crippen LogP contribution is 2.38. The topological polar surface area (TPSA) is 104 Å². The van der Waals surface area contributed by atoms with Gasteiger partial charge in [0.05, 0.1) is 16.7 Å². The summed E-state index contributed by atoms with van der Waals surface area (Å²) in [6.07, 6.45) is 4.18. The second-order valence-corrected chi connectivity index (χ2v) is 16.5. The van der Waals surface area contributed by atoms with Gasteiger partial charge in [0.15, 0.2) is 0 Å². The lowest BCUT2D eigenvalue weighted by molar-refractivity contribution is -0.165. The quantitative estimate of drug-likeness (QED) is 0.104. The first kappa shape index (κ1) is 40.5. The smallest absolute Gasteiger partial charge is 0.331 e. The van der Waals surface area contributed by atoms with Crippen LogP contribution >= 0.6 is 23.2 Å². The standard InChI is InChI=1S/C47H49Cl2N3O5/c1-28(2)25-52-26-38-22-37-21-35(33-10-12-39(13-11-33)56-27-32-7-14-41(48)42(49)19-32)16-18-55-45(37)24-36(38)23-44(52)47(54)57-46(53)43(50)20-31-5-8-34(9-6-31)40-15-17-51-30(4)29(40)3/h5-15,17,19,22,24,28,35,43-44H,16,18,20-21,23,25-27,50H2,1-4H3/t35-,43+,44+/m1/s1. The average molecular weight is 807 g/mol. The molecule has 2 aliphatic heterocycles. The van der Waals surface area contributed by atoms with E-state index in [2.05, 4.69) is 54.9 Å². The lowest BCUT2D eigenvalue weighted by Crippen LogP contribution is -2.49. The van der Waals surface area contributed by atoms with Crippen LogP contribution in [0.5, 0.6) is 11.5 Å². The fourth-order valence-electron chi connectivity index (χ4n) is 7.86. The van der Waals surface area contributed by atoms with Crippen molar-refractivity contribution in [2.75, 3.05) is 13.2 Å². The molecule has 0 saturated carbocycles. The van der Waals surface area contributed by atoms with Gasteiger partial charge >= 0.3 is 11.9 Å². The Morgan fingerprint density at radius 3 is 2.39 bits per heavy atom. The van der Waals surface area contributed by atoms with Crippen molar-refractivity contribution in [3.05, 3.63) is 146 Å². The monoisotopic (exact) mass is 805 g/mol. The number of nitrogens with zero attached hydrogens (tertiary/aromatic N) is 2. The average Bonchev–Trinajstić information content (AvgIpc) is 3.40. The van der Waals surface area contributed by atoms with E-state index in [1.54, 1.807) is 12.3 Å². The number of carbonyl (C=O) groups is 2. The van der Waals surface area contributed by atoms with Gasteiger partial charge in [0, 0.05) is 25.0 Å². The molecule has 0 fully saturated rings. The van der Waals surface area contributed by atoms with Crippen LogP contribution in [0.1, 0.15) is 70.8 Å². The number of aryl methyl sites for hydroxylation is 1. The summed E-state index contributed by atoms with van der Waals surface area (Å²) in [5, 5.41) is 1.03. The van der Waals surface area contributed by atoms with Gasteiger partial charge < -0.3 is 19.9 Å². The number of nitrogens with two attached hydrogens (primary N) is 1. The molecule has 0 radical (unpaired) electrons. The number of ether oxygens (including phenoxy) is 3. The molecule has 0 spiro atoms. The number of halogens is 2. The molecule has 2 N–H and O–H groups in total. The molecule has 3 heterocycles. The SMILES string of the molecule is Cc1nccc(-c2ccc(C[C@H](N)C(=O)OC(=O)[C@@H]3Cc4cc5c(cc4CN3CC(C)C)C[C@H](c3ccc(OCc4ccc(Cl)c(Cl)c4)cc3)CCO5)cc2)c1C. The van der Waals surface area contributed by atoms with Crippen LogP contribution < -0.4 is 15.2 Å². The summed E-state index contributed by atoms with van der Waals surface area (Å²) in [5.41, 5.74) is 17.0. The number of carbonyl (C=O) groups excluding carboxylic acids is 2. The number of hydrogen-bond acceptors (Lipinski definition) is 8. The molecule has 296 valence electrons. The van der Waals surface area contributed by atoms with Crippen molar-refractivity contribution in [2.24, 2.45) is 11.7 Å². The van der Waals surface area contributed by atoms with Crippen LogP contribution in [0.4, 0.5) is 0 Å². The van der Waals surface area contributed by atoms with E-state index in [-0.39, 0.29) is 12.3 Å². The first-order chi connectivity index (χ1) is 27.4. The van der Waals surface area contributed by atoms with E-state index in [0.717, 1.165) is 74.5 Å². The molecule has 3 atom stereocenters. The third-order valence-corrected chi connectivity index (χ3v) is 11.8. The maximum Gasteiger partial charge on any atom is 0.331 e. The largest absolute Gasteiger partial charge is 0.493 e. The summed E-state index contributed by atoms with van der Waals surface area (Å²) in [6.45, 7) is 10.5. The maximum atomic E-state index is 13.7. The zero-order valence-electron chi connectivity index (χ0n) is 32.9. The summed E-state index contributed by atoms with van der Waals surface area (Å²) in [4.78, 5) is 33.5. The van der Waals surface area contributed by atoms with Crippen molar-refractivity contribution in [3.8, 4) is 22.6 Å². The summed E-state index contributed by atoms with van der Waals surface area (Å²) in [6, 6.07) is 26.5. The van der Waals surface area contributed by atoms with Gasteiger partial charge in [-0.15, -0.1) is 0 Å². The zero-order chi connectivity index (χ0) is 40.2. The van der Waals surface area contributed by atoms with Gasteiger partial charge in [-0.3, -0.25) is 9.88 Å². The molecular weight excluding hydrogens is 757 g/mol. The summed E-state index contributed by atoms with van der Waals surface area (Å²) >= 11 is 12.2. The summed E-state index contributed by atoms with van der Waals surface area (Å²) < 4.78 is 17.9. The molecule has 0 unspecified atom stereocenters. The van der Waals surface area contributed by atoms with Crippen LogP contribution in [0.3, 0.4) is 0 Å². The van der Waals surface area contributed by atoms with Gasteiger partial charge in [0.1, 0.15) is 30.2 Å². The van der Waals surface area contributed by atoms with E-state index in [1.165, 1.54) is 5.56 Å². The van der Waals surface area contributed by atoms with Gasteiger partial charge in [0.25, 0.3) is 0 Å². The van der Waals surface area contributed by atoms with Gasteiger partial charge in [-0.1, -0.05) is 85.6 Å². The lowest BCUT2D eigenvalue weighted by atomic mass is 9.86. The second kappa shape index (κ2) is 17.8. The number of pyridine rings is 1. The Morgan fingerprint density at radius 2 is 1.65 bits per heavy atom. The number of fused-ring (bicyclic) bond motifs is 2. The first-order valence-corrected chi connectivity index (χ1v) is 20.4. The summed E-state index contributed by atoms with van der Waals surface area (Å²) in [5.74, 6) is 0.911. The van der Waals surface area contributed by atoms with E-state index in [4.69, 9.17) is 43.1 Å². The third kappa shape index (κ3) is 9.70. The van der Waals surface area contributed by atoms with Crippen LogP contribution in [0.25, 0.3) is 11.1 Å². The molecule has 1 aromatic heterocycles. The van der Waals surface area contributed by atoms with Gasteiger partial charge in [0.2, 0.25) is 0 Å². The number of rotatable bonds is 11. The minimum Gasteiger partial charge on any atom is -0.493 e. The molecule has 8 nitrogen and oxygen atoms in total. The highest BCUT2D eigenvalue weighted by molar-refractivity contribution is 6.42. The third-order valence-electron chi connectivity index (χ3n) is 11.1. The van der Waals surface area contributed by atoms with E-state index in [0.29, 0.717) is 48.7 Å². The molecule has 0 saturated heterocycles. The second-order valence-electron chi connectivity index (χ2n) is 15.7. The van der Waals surface area contributed by atoms with E-state index in [1.807, 2.05) is 61.5 Å². The number of benzene rings is 4. The number of aromatic nitrogens is 1. The Labute approximate surface area is 345 Å². The van der Waals surface area contributed by atoms with Crippen LogP contribution in [0.15, 0.2) is 91.1 Å². The number of hydrogen-bond donors (Lipinski definition) is 1. The van der Waals surface area contributed by atoms with Crippen LogP contribution in [-0.2, 0) is 46.7 Å². The molecule has 2 aliphatic rings. The van der Waals surface area contributed by atoms with Crippen LogP contribution in [-0.4, -0.2) is 47.1 Å². The molecule has 0 amide bonds. The molecule has 0 bridgehead atoms. The molecule has 10 heteroatoms. The molecular formula is C47H49Cl2N3O5. The lowest BCUT2D eigenvalue weighted by Gasteiger charge is -2.36. The van der Waals surface area contributed by atoms with Crippen LogP contribution in [0, 0.1) is 19.8 Å². The maximum absolute atomic E-state index is 13.7. The highest BCUT2D eigenvalue weighted by atomic mass is 35.5. The van der Waals surface area contributed by atoms with Crippen molar-refractivity contribution >= 4 is 35.1 Å². The van der Waals surface area contributed by atoms with Crippen LogP contribution in [0.2, 0.25) is 10.0 Å². The molecule has 0 aliphatic carbocycles. The molecule has 7 rings (SSSR count). The fourth-order valence-corrected chi connectivity index (χ4v) is 8.18. The van der Waals surface area contributed by atoms with Gasteiger partial charge in [-0.25, -0.2) is 9.59 Å². The minimum absolute atomic E-state index is 0.256. The van der Waals surface area contributed by atoms with Crippen molar-refractivity contribution in [1.29, 1.82) is 0 Å². The Bertz CT molecular complexity index is 2240. The molecule has 5 aromatic rings. The molecule has 57 heavy (non-hydrogen) atoms. The minimum atomic E-state index is -0.978.